The lowest BCUT2D eigenvalue weighted by molar-refractivity contribution is -0.119. The van der Waals surface area contributed by atoms with E-state index >= 15 is 0 Å². The number of methoxy groups -OCH3 is 1. The molecule has 0 aliphatic carbocycles. The number of ketones is 1. The van der Waals surface area contributed by atoms with Gasteiger partial charge in [-0.2, -0.15) is 0 Å². The van der Waals surface area contributed by atoms with E-state index in [1.54, 1.807) is 28.7 Å². The number of nitrogens with zero attached hydrogens (tertiary/aromatic N) is 3. The number of ether oxygens (including phenoxy) is 3. The summed E-state index contributed by atoms with van der Waals surface area (Å²) in [5.74, 6) is 2.71. The van der Waals surface area contributed by atoms with Crippen LogP contribution in [0.3, 0.4) is 0 Å². The number of benzene rings is 5. The monoisotopic (exact) mass is 1050 g/mol. The molecule has 2 N–H and O–H groups in total. The first-order chi connectivity index (χ1) is 36.3. The number of para-hydroxylation sites is 2. The number of fused-ring (bicyclic) bond motifs is 8. The van der Waals surface area contributed by atoms with Gasteiger partial charge in [-0.1, -0.05) is 64.9 Å². The average Bonchev–Trinajstić information content (AvgIpc) is 3.93. The highest BCUT2D eigenvalue weighted by Gasteiger charge is 2.40. The van der Waals surface area contributed by atoms with Crippen LogP contribution in [-0.4, -0.2) is 79.9 Å². The van der Waals surface area contributed by atoms with Crippen LogP contribution in [-0.2, 0) is 46.9 Å². The van der Waals surface area contributed by atoms with Crippen LogP contribution in [0.5, 0.6) is 17.2 Å². The van der Waals surface area contributed by atoms with Gasteiger partial charge in [0, 0.05) is 84.6 Å². The second kappa shape index (κ2) is 24.3. The molecule has 9 rings (SSSR count). The average molecular weight is 1050 g/mol. The first-order valence-corrected chi connectivity index (χ1v) is 28.9. The van der Waals surface area contributed by atoms with E-state index in [2.05, 4.69) is 41.7 Å². The molecule has 15 heteroatoms. The molecular weight excluding hydrogens is 983 g/mol. The van der Waals surface area contributed by atoms with Gasteiger partial charge in [0.05, 0.1) is 31.0 Å². The highest BCUT2D eigenvalue weighted by Crippen LogP contribution is 2.43. The Bertz CT molecular complexity index is 2910. The van der Waals surface area contributed by atoms with Crippen LogP contribution in [0.2, 0.25) is 0 Å². The van der Waals surface area contributed by atoms with Crippen molar-refractivity contribution in [3.8, 4) is 17.2 Å². The first-order valence-electron chi connectivity index (χ1n) is 26.5. The number of likely N-dealkylation sites (N-methyl/N-ethyl adjacent to an activating group) is 1. The largest absolute Gasteiger partial charge is 0.493 e. The molecule has 4 aliphatic rings. The Hall–Kier alpha value is -6.00. The molecule has 0 aromatic heterocycles. The first kappa shape index (κ1) is 53.8. The van der Waals surface area contributed by atoms with E-state index in [9.17, 15) is 19.2 Å². The highest BCUT2D eigenvalue weighted by atomic mass is 33.1. The van der Waals surface area contributed by atoms with Gasteiger partial charge in [-0.15, -0.1) is 0 Å². The van der Waals surface area contributed by atoms with E-state index in [1.807, 2.05) is 110 Å². The number of nitrogens with one attached hydrogen (secondary N) is 2. The zero-order valence-corrected chi connectivity index (χ0v) is 45.9. The zero-order chi connectivity index (χ0) is 52.6. The van der Waals surface area contributed by atoms with Gasteiger partial charge in [-0.05, 0) is 154 Å². The number of aryl methyl sites for hydroxylation is 2. The van der Waals surface area contributed by atoms with Crippen LogP contribution >= 0.6 is 21.6 Å². The maximum Gasteiger partial charge on any atom is 0.260 e. The minimum Gasteiger partial charge on any atom is -0.493 e. The van der Waals surface area contributed by atoms with Gasteiger partial charge in [0.25, 0.3) is 11.8 Å². The van der Waals surface area contributed by atoms with E-state index in [0.717, 1.165) is 96.6 Å². The minimum atomic E-state index is -0.170. The summed E-state index contributed by atoms with van der Waals surface area (Å²) in [6.45, 7) is 10.7. The number of hydrogen-bond acceptors (Lipinski definition) is 12. The molecule has 0 fully saturated rings. The fraction of sp³-hybridized carbons (Fsp3) is 0.433. The summed E-state index contributed by atoms with van der Waals surface area (Å²) in [5, 5.41) is 3.18. The predicted molar refractivity (Wildman–Crippen MR) is 302 cm³/mol. The van der Waals surface area contributed by atoms with Gasteiger partial charge in [-0.25, -0.2) is 5.48 Å². The third-order valence-electron chi connectivity index (χ3n) is 14.6. The fourth-order valence-electron chi connectivity index (χ4n) is 10.8. The van der Waals surface area contributed by atoms with Gasteiger partial charge in [0.1, 0.15) is 24.7 Å². The molecule has 2 atom stereocenters. The number of unbranched alkanes of at least 4 members (excludes halogenated alkanes) is 1. The molecule has 0 radical (unpaired) electrons. The number of carbonyl (C=O) groups excluding carboxylic acids is 4. The quantitative estimate of drug-likeness (QED) is 0.0345. The lowest BCUT2D eigenvalue weighted by Gasteiger charge is -2.25. The molecule has 0 spiro atoms. The van der Waals surface area contributed by atoms with Gasteiger partial charge < -0.3 is 39.1 Å². The zero-order valence-electron chi connectivity index (χ0n) is 44.3. The molecule has 0 saturated carbocycles. The number of hydrogen-bond donors (Lipinski definition) is 2. The highest BCUT2D eigenvalue weighted by molar-refractivity contribution is 8.77. The van der Waals surface area contributed by atoms with Gasteiger partial charge in [0.2, 0.25) is 5.91 Å². The van der Waals surface area contributed by atoms with Crippen molar-refractivity contribution in [1.82, 2.24) is 5.48 Å². The summed E-state index contributed by atoms with van der Waals surface area (Å²) >= 11 is 0. The van der Waals surface area contributed by atoms with Crippen LogP contribution in [0.1, 0.15) is 126 Å². The Morgan fingerprint density at radius 2 is 1.40 bits per heavy atom. The Morgan fingerprint density at radius 1 is 0.733 bits per heavy atom. The second-order valence-electron chi connectivity index (χ2n) is 20.8. The number of hydroxylamine groups is 1. The van der Waals surface area contributed by atoms with E-state index < -0.39 is 0 Å². The van der Waals surface area contributed by atoms with Crippen molar-refractivity contribution < 1.29 is 38.2 Å². The Morgan fingerprint density at radius 3 is 2.12 bits per heavy atom. The van der Waals surface area contributed by atoms with Crippen molar-refractivity contribution in [1.29, 1.82) is 0 Å². The number of Topliss-reactive ketones (excluding diaryl/α,β-unsaturated/α-hetero) is 1. The van der Waals surface area contributed by atoms with Crippen molar-refractivity contribution in [2.75, 3.05) is 59.6 Å². The minimum absolute atomic E-state index is 0.00560. The van der Waals surface area contributed by atoms with E-state index in [0.29, 0.717) is 78.7 Å². The van der Waals surface area contributed by atoms with Crippen LogP contribution in [0.25, 0.3) is 0 Å². The van der Waals surface area contributed by atoms with Crippen molar-refractivity contribution in [2.45, 2.75) is 128 Å². The predicted octanol–water partition coefficient (Wildman–Crippen LogP) is 11.6. The summed E-state index contributed by atoms with van der Waals surface area (Å²) in [6.07, 6.45) is 7.89. The maximum atomic E-state index is 14.2. The summed E-state index contributed by atoms with van der Waals surface area (Å²) in [6, 6.07) is 30.0. The third-order valence-corrected chi connectivity index (χ3v) is 18.0. The summed E-state index contributed by atoms with van der Waals surface area (Å²) in [5.41, 5.74) is 13.3. The van der Waals surface area contributed by atoms with Gasteiger partial charge >= 0.3 is 0 Å². The maximum absolute atomic E-state index is 14.2. The van der Waals surface area contributed by atoms with E-state index in [-0.39, 0.29) is 47.8 Å². The van der Waals surface area contributed by atoms with Crippen molar-refractivity contribution >= 4 is 67.8 Å². The Balaban J connectivity index is 0.877. The van der Waals surface area contributed by atoms with Crippen LogP contribution in [0.4, 0.5) is 22.7 Å². The number of anilines is 4. The topological polar surface area (TPSA) is 139 Å². The molecular formula is C60H71N5O8S2. The van der Waals surface area contributed by atoms with Gasteiger partial charge in [0.15, 0.2) is 11.5 Å². The smallest absolute Gasteiger partial charge is 0.260 e. The lowest BCUT2D eigenvalue weighted by Crippen LogP contribution is -2.41. The summed E-state index contributed by atoms with van der Waals surface area (Å²) in [4.78, 5) is 65.9. The van der Waals surface area contributed by atoms with Crippen molar-refractivity contribution in [3.05, 3.63) is 136 Å². The van der Waals surface area contributed by atoms with Crippen molar-refractivity contribution in [2.24, 2.45) is 0 Å². The molecule has 0 saturated heterocycles. The summed E-state index contributed by atoms with van der Waals surface area (Å²) in [7, 11) is 7.14. The van der Waals surface area contributed by atoms with Crippen LogP contribution in [0, 0.1) is 6.92 Å². The molecule has 13 nitrogen and oxygen atoms in total. The molecule has 396 valence electrons. The third kappa shape index (κ3) is 12.8. The fourth-order valence-corrected chi connectivity index (χ4v) is 13.4. The lowest BCUT2D eigenvalue weighted by atomic mass is 9.99. The number of amides is 3. The van der Waals surface area contributed by atoms with E-state index in [1.165, 1.54) is 11.1 Å². The number of carbonyl (C=O) groups is 4. The van der Waals surface area contributed by atoms with Crippen molar-refractivity contribution in [3.63, 3.8) is 0 Å². The molecule has 75 heavy (non-hydrogen) atoms. The molecule has 0 bridgehead atoms. The summed E-state index contributed by atoms with van der Waals surface area (Å²) < 4.78 is 18.9. The normalized spacial score (nSPS) is 16.5. The molecule has 4 heterocycles. The molecule has 4 aliphatic heterocycles. The van der Waals surface area contributed by atoms with Crippen LogP contribution in [0.15, 0.2) is 91.0 Å². The molecule has 5 aromatic carbocycles. The standard InChI is InChI=1S/C60H71N5O8S2/c1-7-61-73-25-13-12-17-48(66)18-14-26-74-75-60(3,4)24-23-57(67)62-45-29-40(37-71-54-35-53-50(27-39(54)2)59(69)65-47(36-63(53)5)32-44-16-9-11-20-52(44)65)28-41(30-45)38-72-56-33-42-21-22-46-31-43-15-8-10-19-51(43)64(46)58(68)49(42)34-55(56)70-6/h8-11,15-16,19-20,27-30,33-35,46-47,61H,7,12-14,17-18,21-26,31-32,36-38H2,1-6H3,(H,62,67)/t46-,47+/m1/s1. The van der Waals surface area contributed by atoms with Gasteiger partial charge in [-0.3, -0.25) is 19.2 Å². The Labute approximate surface area is 450 Å². The Kier molecular flexibility index (Phi) is 17.5. The SMILES string of the molecule is CCNOCCCCC(=O)CCCSSC(C)(C)CCC(=O)Nc1cc(COc2cc3c(cc2C)C(=O)N2c4ccccc4C[C@H]2CN3C)cc(COc2cc3c(cc2OC)C(=O)N2c4ccccc4C[C@H]2CC3)c1. The van der Waals surface area contributed by atoms with E-state index in [4.69, 9.17) is 19.0 Å². The number of rotatable bonds is 24. The molecule has 3 amide bonds. The second-order valence-corrected chi connectivity index (χ2v) is 23.9. The molecule has 5 aromatic rings. The molecule has 0 unspecified atom stereocenters. The van der Waals surface area contributed by atoms with Crippen LogP contribution < -0.4 is 39.7 Å².